The van der Waals surface area contributed by atoms with Crippen molar-refractivity contribution in [1.29, 1.82) is 0 Å². The summed E-state index contributed by atoms with van der Waals surface area (Å²) in [6.07, 6.45) is -0.555. The van der Waals surface area contributed by atoms with E-state index < -0.39 is 17.7 Å². The van der Waals surface area contributed by atoms with Crippen LogP contribution < -0.4 is 5.32 Å². The molecule has 4 rings (SSSR count). The summed E-state index contributed by atoms with van der Waals surface area (Å²) in [5, 5.41) is 3.21. The van der Waals surface area contributed by atoms with Crippen molar-refractivity contribution in [2.75, 3.05) is 5.32 Å². The number of aromatic nitrogens is 1. The second-order valence-corrected chi connectivity index (χ2v) is 8.52. The molecule has 1 aromatic heterocycles. The summed E-state index contributed by atoms with van der Waals surface area (Å²) < 4.78 is 40.8. The molecule has 0 fully saturated rings. The van der Waals surface area contributed by atoms with Crippen LogP contribution in [0.4, 0.5) is 19.0 Å². The lowest BCUT2D eigenvalue weighted by atomic mass is 9.62. The Morgan fingerprint density at radius 2 is 1.89 bits per heavy atom. The van der Waals surface area contributed by atoms with Crippen LogP contribution in [0.5, 0.6) is 0 Å². The van der Waals surface area contributed by atoms with Crippen LogP contribution in [-0.2, 0) is 10.2 Å². The Kier molecular flexibility index (Phi) is 4.14. The average Bonchev–Trinajstić information content (AvgIpc) is 2.61. The van der Waals surface area contributed by atoms with Gasteiger partial charge < -0.3 is 5.32 Å². The minimum Gasteiger partial charge on any atom is -0.343 e. The van der Waals surface area contributed by atoms with Crippen LogP contribution in [0, 0.1) is 11.2 Å². The number of halogens is 3. The third kappa shape index (κ3) is 2.82. The maximum atomic E-state index is 14.1. The van der Waals surface area contributed by atoms with E-state index in [9.17, 15) is 18.0 Å². The van der Waals surface area contributed by atoms with Gasteiger partial charge in [0.2, 0.25) is 0 Å². The Morgan fingerprint density at radius 1 is 1.14 bits per heavy atom. The van der Waals surface area contributed by atoms with Gasteiger partial charge in [0.1, 0.15) is 11.6 Å². The van der Waals surface area contributed by atoms with Crippen molar-refractivity contribution in [1.82, 2.24) is 4.98 Å². The molecule has 2 aliphatic rings. The van der Waals surface area contributed by atoms with Crippen LogP contribution in [0.25, 0.3) is 0 Å². The minimum atomic E-state index is -2.63. The van der Waals surface area contributed by atoms with E-state index in [2.05, 4.69) is 10.3 Å². The molecule has 0 radical (unpaired) electrons. The number of carbonyl (C=O) groups is 1. The van der Waals surface area contributed by atoms with Gasteiger partial charge in [-0.05, 0) is 36.5 Å². The zero-order valence-corrected chi connectivity index (χ0v) is 15.9. The van der Waals surface area contributed by atoms with Crippen LogP contribution in [-0.4, -0.2) is 10.8 Å². The molecule has 1 N–H and O–H groups in total. The first kappa shape index (κ1) is 18.7. The number of fused-ring (bicyclic) bond motifs is 1. The highest BCUT2D eigenvalue weighted by atomic mass is 19.3. The van der Waals surface area contributed by atoms with Crippen LogP contribution in [0.1, 0.15) is 56.7 Å². The predicted octanol–water partition coefficient (Wildman–Crippen LogP) is 5.53. The van der Waals surface area contributed by atoms with Crippen molar-refractivity contribution in [3.05, 3.63) is 70.3 Å². The number of pyridine rings is 1. The summed E-state index contributed by atoms with van der Waals surface area (Å²) >= 11 is 0. The number of carbonyl (C=O) groups excluding carboxylic acids is 1. The van der Waals surface area contributed by atoms with Crippen LogP contribution in [0.15, 0.2) is 47.8 Å². The van der Waals surface area contributed by atoms with E-state index in [1.54, 1.807) is 19.1 Å². The molecule has 1 unspecified atom stereocenters. The Balaban J connectivity index is 2.01. The Labute approximate surface area is 161 Å². The number of ketones is 1. The largest absolute Gasteiger partial charge is 0.343 e. The quantitative estimate of drug-likeness (QED) is 0.738. The number of anilines is 1. The first-order chi connectivity index (χ1) is 13.1. The molecule has 146 valence electrons. The highest BCUT2D eigenvalue weighted by Gasteiger charge is 2.48. The molecule has 1 aromatic carbocycles. The third-order valence-corrected chi connectivity index (χ3v) is 5.75. The van der Waals surface area contributed by atoms with E-state index in [4.69, 9.17) is 0 Å². The molecule has 2 heterocycles. The van der Waals surface area contributed by atoms with Crippen molar-refractivity contribution >= 4 is 11.6 Å². The van der Waals surface area contributed by atoms with Gasteiger partial charge in [-0.2, -0.15) is 0 Å². The molecular weight excluding hydrogens is 365 g/mol. The molecule has 0 saturated carbocycles. The van der Waals surface area contributed by atoms with E-state index in [1.807, 2.05) is 13.8 Å². The van der Waals surface area contributed by atoms with E-state index in [1.165, 1.54) is 18.2 Å². The average molecular weight is 386 g/mol. The molecule has 28 heavy (non-hydrogen) atoms. The predicted molar refractivity (Wildman–Crippen MR) is 101 cm³/mol. The summed E-state index contributed by atoms with van der Waals surface area (Å²) in [6.45, 7) is 5.82. The van der Waals surface area contributed by atoms with Crippen molar-refractivity contribution in [3.63, 3.8) is 0 Å². The van der Waals surface area contributed by atoms with E-state index in [0.29, 0.717) is 35.4 Å². The van der Waals surface area contributed by atoms with Gasteiger partial charge >= 0.3 is 0 Å². The Bertz CT molecular complexity index is 1010. The Morgan fingerprint density at radius 3 is 2.61 bits per heavy atom. The summed E-state index contributed by atoms with van der Waals surface area (Å²) in [5.41, 5.74) is 0.826. The molecule has 1 atom stereocenters. The standard InChI is InChI=1S/C22H21F3N2O/c1-21(2)9-16-18(17(28)10-21)22(3,13-6-4-5-12(7-13)19(24)25)15-8-14(23)11-26-20(15)27-16/h4-8,11,19H,9-10H2,1-3H3,(H,26,27). The lowest BCUT2D eigenvalue weighted by Crippen LogP contribution is -2.42. The number of hydrogen-bond donors (Lipinski definition) is 1. The SMILES string of the molecule is CC1(C)CC(=O)C2=C(C1)Nc1ncc(F)cc1C2(C)c1cccc(C(F)F)c1. The minimum absolute atomic E-state index is 0.0568. The Hall–Kier alpha value is -2.63. The maximum absolute atomic E-state index is 14.1. The molecule has 6 heteroatoms. The summed E-state index contributed by atoms with van der Waals surface area (Å²) in [4.78, 5) is 17.4. The van der Waals surface area contributed by atoms with Gasteiger partial charge in [0, 0.05) is 28.8 Å². The van der Waals surface area contributed by atoms with Gasteiger partial charge in [-0.1, -0.05) is 32.0 Å². The molecular formula is C22H21F3N2O. The highest BCUT2D eigenvalue weighted by molar-refractivity contribution is 6.02. The maximum Gasteiger partial charge on any atom is 0.263 e. The topological polar surface area (TPSA) is 42.0 Å². The number of benzene rings is 1. The van der Waals surface area contributed by atoms with Gasteiger partial charge in [0.05, 0.1) is 11.6 Å². The second-order valence-electron chi connectivity index (χ2n) is 8.52. The van der Waals surface area contributed by atoms with Gasteiger partial charge in [0.15, 0.2) is 5.78 Å². The zero-order valence-electron chi connectivity index (χ0n) is 15.9. The van der Waals surface area contributed by atoms with E-state index >= 15 is 0 Å². The molecule has 2 aromatic rings. The van der Waals surface area contributed by atoms with Crippen molar-refractivity contribution in [2.45, 2.75) is 45.5 Å². The van der Waals surface area contributed by atoms with Gasteiger partial charge in [-0.25, -0.2) is 18.2 Å². The molecule has 0 saturated heterocycles. The molecule has 0 spiro atoms. The number of alkyl halides is 2. The molecule has 0 amide bonds. The normalized spacial score (nSPS) is 23.3. The zero-order chi connectivity index (χ0) is 20.3. The lowest BCUT2D eigenvalue weighted by Gasteiger charge is -2.44. The van der Waals surface area contributed by atoms with Crippen LogP contribution >= 0.6 is 0 Å². The van der Waals surface area contributed by atoms with Crippen LogP contribution in [0.2, 0.25) is 0 Å². The number of nitrogens with zero attached hydrogens (tertiary/aromatic N) is 1. The fourth-order valence-corrected chi connectivity index (χ4v) is 4.49. The number of allylic oxidation sites excluding steroid dienone is 2. The summed E-state index contributed by atoms with van der Waals surface area (Å²) in [5.74, 6) is -0.140. The number of rotatable bonds is 2. The lowest BCUT2D eigenvalue weighted by molar-refractivity contribution is -0.118. The smallest absolute Gasteiger partial charge is 0.263 e. The molecule has 1 aliphatic heterocycles. The van der Waals surface area contributed by atoms with Gasteiger partial charge in [-0.15, -0.1) is 0 Å². The number of Topliss-reactive ketones (excluding diaryl/α,β-unsaturated/α-hetero) is 1. The van der Waals surface area contributed by atoms with Crippen molar-refractivity contribution in [3.8, 4) is 0 Å². The number of nitrogens with one attached hydrogen (secondary N) is 1. The summed E-state index contributed by atoms with van der Waals surface area (Å²) in [7, 11) is 0. The monoisotopic (exact) mass is 386 g/mol. The van der Waals surface area contributed by atoms with Gasteiger partial charge in [-0.3, -0.25) is 4.79 Å². The number of hydrogen-bond acceptors (Lipinski definition) is 3. The van der Waals surface area contributed by atoms with Crippen molar-refractivity contribution in [2.24, 2.45) is 5.41 Å². The first-order valence-electron chi connectivity index (χ1n) is 9.20. The van der Waals surface area contributed by atoms with E-state index in [0.717, 1.165) is 11.9 Å². The summed E-state index contributed by atoms with van der Waals surface area (Å²) in [6, 6.07) is 7.35. The first-order valence-corrected chi connectivity index (χ1v) is 9.20. The fourth-order valence-electron chi connectivity index (χ4n) is 4.49. The third-order valence-electron chi connectivity index (χ3n) is 5.75. The highest BCUT2D eigenvalue weighted by Crippen LogP contribution is 2.52. The van der Waals surface area contributed by atoms with Crippen LogP contribution in [0.3, 0.4) is 0 Å². The van der Waals surface area contributed by atoms with Gasteiger partial charge in [0.25, 0.3) is 6.43 Å². The van der Waals surface area contributed by atoms with E-state index in [-0.39, 0.29) is 16.8 Å². The molecule has 0 bridgehead atoms. The molecule has 3 nitrogen and oxygen atoms in total. The van der Waals surface area contributed by atoms with Crippen molar-refractivity contribution < 1.29 is 18.0 Å². The second kappa shape index (κ2) is 6.19. The fraction of sp³-hybridized carbons (Fsp3) is 0.364. The molecule has 1 aliphatic carbocycles.